The lowest BCUT2D eigenvalue weighted by Gasteiger charge is -2.14. The number of halogens is 2. The number of nitrogens with zero attached hydrogens (tertiary/aromatic N) is 1. The minimum atomic E-state index is -1.12. The lowest BCUT2D eigenvalue weighted by molar-refractivity contribution is -0.144. The zero-order valence-corrected chi connectivity index (χ0v) is 19.9. The van der Waals surface area contributed by atoms with Crippen LogP contribution in [0.1, 0.15) is 28.8 Å². The average molecular weight is 572 g/mol. The number of carboxylic acid groups (broad SMARTS) is 1. The number of ether oxygens (including phenoxy) is 2. The highest BCUT2D eigenvalue weighted by Crippen LogP contribution is 2.36. The van der Waals surface area contributed by atoms with Gasteiger partial charge < -0.3 is 24.3 Å². The quantitative estimate of drug-likeness (QED) is 0.293. The first-order valence-electron chi connectivity index (χ1n) is 9.00. The molecule has 1 aliphatic rings. The van der Waals surface area contributed by atoms with Crippen molar-refractivity contribution in [1.29, 1.82) is 0 Å². The fourth-order valence-corrected chi connectivity index (χ4v) is 4.12. The minimum absolute atomic E-state index is 0.0288. The van der Waals surface area contributed by atoms with Crippen molar-refractivity contribution >= 4 is 61.8 Å². The van der Waals surface area contributed by atoms with Crippen molar-refractivity contribution in [1.82, 2.24) is 10.2 Å². The molecule has 32 heavy (non-hydrogen) atoms. The van der Waals surface area contributed by atoms with E-state index < -0.39 is 30.0 Å². The number of furan rings is 1. The first-order chi connectivity index (χ1) is 15.1. The smallest absolute Gasteiger partial charge is 0.373 e. The van der Waals surface area contributed by atoms with Crippen LogP contribution in [-0.2, 0) is 20.9 Å². The second-order valence-electron chi connectivity index (χ2n) is 6.55. The van der Waals surface area contributed by atoms with Gasteiger partial charge in [0.1, 0.15) is 17.2 Å². The van der Waals surface area contributed by atoms with Crippen molar-refractivity contribution in [3.63, 3.8) is 0 Å². The molecule has 2 aromatic rings. The third kappa shape index (κ3) is 5.02. The summed E-state index contributed by atoms with van der Waals surface area (Å²) in [5.41, 5.74) is 0.566. The van der Waals surface area contributed by atoms with Gasteiger partial charge in [-0.1, -0.05) is 0 Å². The van der Waals surface area contributed by atoms with Crippen molar-refractivity contribution in [2.24, 2.45) is 0 Å². The number of esters is 1. The topological polar surface area (TPSA) is 135 Å². The van der Waals surface area contributed by atoms with Crippen LogP contribution in [0.25, 0.3) is 6.08 Å². The van der Waals surface area contributed by atoms with Crippen LogP contribution in [0.5, 0.6) is 5.75 Å². The van der Waals surface area contributed by atoms with E-state index in [9.17, 15) is 19.2 Å². The number of hydrogen-bond donors (Lipinski definition) is 2. The Balaban J connectivity index is 1.79. The molecule has 2 heterocycles. The van der Waals surface area contributed by atoms with Gasteiger partial charge in [-0.2, -0.15) is 0 Å². The molecule has 3 amide bonds. The fraction of sp³-hybridized carbons (Fsp3) is 0.200. The molecule has 168 valence electrons. The number of aliphatic carboxylic acids is 1. The number of amides is 3. The molecule has 0 unspecified atom stereocenters. The van der Waals surface area contributed by atoms with Gasteiger partial charge in [0.05, 0.1) is 22.6 Å². The van der Waals surface area contributed by atoms with Crippen LogP contribution in [0.15, 0.2) is 43.3 Å². The second-order valence-corrected chi connectivity index (χ2v) is 8.26. The summed E-state index contributed by atoms with van der Waals surface area (Å²) in [6.07, 6.45) is 0.389. The van der Waals surface area contributed by atoms with E-state index in [1.807, 2.05) is 0 Å². The standard InChI is InChI=1S/C20H16Br2N2O8/c1-9(18(26)27)31-16-12(21)5-10(6-13(16)22)7-14-17(25)24(20(29)23-14)8-11-3-4-15(32-11)19(28)30-2/h3-7,9H,8H2,1-2H3,(H,23,29)(H,26,27)/b14-7-/t9-/m1/s1. The Labute approximate surface area is 198 Å². The number of imide groups is 1. The first-order valence-corrected chi connectivity index (χ1v) is 10.6. The summed E-state index contributed by atoms with van der Waals surface area (Å²) in [6, 6.07) is 5.43. The van der Waals surface area contributed by atoms with Gasteiger partial charge in [0.2, 0.25) is 5.76 Å². The lowest BCUT2D eigenvalue weighted by Crippen LogP contribution is -2.30. The predicted octanol–water partition coefficient (Wildman–Crippen LogP) is 3.54. The lowest BCUT2D eigenvalue weighted by atomic mass is 10.2. The van der Waals surface area contributed by atoms with Gasteiger partial charge in [0, 0.05) is 0 Å². The highest BCUT2D eigenvalue weighted by atomic mass is 79.9. The summed E-state index contributed by atoms with van der Waals surface area (Å²) in [6.45, 7) is 1.22. The summed E-state index contributed by atoms with van der Waals surface area (Å²) in [7, 11) is 1.21. The van der Waals surface area contributed by atoms with Crippen molar-refractivity contribution in [3.05, 3.63) is 56.0 Å². The van der Waals surface area contributed by atoms with E-state index in [1.165, 1.54) is 32.2 Å². The summed E-state index contributed by atoms with van der Waals surface area (Å²) >= 11 is 6.64. The number of carboxylic acids is 1. The van der Waals surface area contributed by atoms with Gasteiger partial charge in [-0.15, -0.1) is 0 Å². The Morgan fingerprint density at radius 3 is 2.50 bits per heavy atom. The Bertz CT molecular complexity index is 1120. The predicted molar refractivity (Wildman–Crippen MR) is 117 cm³/mol. The SMILES string of the molecule is COC(=O)c1ccc(CN2C(=O)N/C(=C\c3cc(Br)c(O[C@H](C)C(=O)O)c(Br)c3)C2=O)o1. The number of hydrogen-bond acceptors (Lipinski definition) is 7. The van der Waals surface area contributed by atoms with E-state index in [1.54, 1.807) is 12.1 Å². The molecule has 2 N–H and O–H groups in total. The summed E-state index contributed by atoms with van der Waals surface area (Å²) < 4.78 is 16.2. The average Bonchev–Trinajstić information content (AvgIpc) is 3.30. The van der Waals surface area contributed by atoms with Crippen LogP contribution in [0.4, 0.5) is 4.79 Å². The highest BCUT2D eigenvalue weighted by molar-refractivity contribution is 9.11. The maximum Gasteiger partial charge on any atom is 0.373 e. The molecule has 1 saturated heterocycles. The number of carbonyl (C=O) groups is 4. The minimum Gasteiger partial charge on any atom is -0.479 e. The molecule has 0 bridgehead atoms. The van der Waals surface area contributed by atoms with E-state index in [0.717, 1.165) is 4.90 Å². The molecule has 10 nitrogen and oxygen atoms in total. The van der Waals surface area contributed by atoms with E-state index in [0.29, 0.717) is 14.5 Å². The largest absolute Gasteiger partial charge is 0.479 e. The summed E-state index contributed by atoms with van der Waals surface area (Å²) in [4.78, 5) is 48.4. The number of rotatable bonds is 7. The van der Waals surface area contributed by atoms with Gasteiger partial charge in [-0.3, -0.25) is 9.69 Å². The molecule has 3 rings (SSSR count). The van der Waals surface area contributed by atoms with Crippen molar-refractivity contribution < 1.29 is 38.2 Å². The molecular weight excluding hydrogens is 556 g/mol. The molecule has 1 atom stereocenters. The number of benzene rings is 1. The van der Waals surface area contributed by atoms with Gasteiger partial charge in [0.25, 0.3) is 5.91 Å². The van der Waals surface area contributed by atoms with E-state index >= 15 is 0 Å². The van der Waals surface area contributed by atoms with Crippen LogP contribution < -0.4 is 10.1 Å². The molecule has 1 aromatic heterocycles. The van der Waals surface area contributed by atoms with Crippen molar-refractivity contribution in [3.8, 4) is 5.75 Å². The monoisotopic (exact) mass is 570 g/mol. The van der Waals surface area contributed by atoms with Crippen LogP contribution in [0, 0.1) is 0 Å². The summed E-state index contributed by atoms with van der Waals surface area (Å²) in [5.74, 6) is -1.91. The molecule has 0 radical (unpaired) electrons. The first kappa shape index (κ1) is 23.5. The molecule has 0 spiro atoms. The van der Waals surface area contributed by atoms with Crippen molar-refractivity contribution in [2.45, 2.75) is 19.6 Å². The van der Waals surface area contributed by atoms with Crippen molar-refractivity contribution in [2.75, 3.05) is 7.11 Å². The molecule has 12 heteroatoms. The number of methoxy groups -OCH3 is 1. The van der Waals surface area contributed by atoms with Gasteiger partial charge in [-0.25, -0.2) is 14.4 Å². The third-order valence-electron chi connectivity index (χ3n) is 4.30. The Morgan fingerprint density at radius 1 is 1.25 bits per heavy atom. The van der Waals surface area contributed by atoms with Crippen LogP contribution in [0.2, 0.25) is 0 Å². The third-order valence-corrected chi connectivity index (χ3v) is 5.48. The van der Waals surface area contributed by atoms with E-state index in [2.05, 4.69) is 41.9 Å². The zero-order valence-electron chi connectivity index (χ0n) is 16.7. The molecular formula is C20H16Br2N2O8. The van der Waals surface area contributed by atoms with Gasteiger partial charge >= 0.3 is 18.0 Å². The van der Waals surface area contributed by atoms with Crippen LogP contribution in [-0.4, -0.2) is 47.1 Å². The number of urea groups is 1. The second kappa shape index (κ2) is 9.57. The van der Waals surface area contributed by atoms with Gasteiger partial charge in [0.15, 0.2) is 6.10 Å². The number of nitrogens with one attached hydrogen (secondary N) is 1. The molecule has 1 fully saturated rings. The Hall–Kier alpha value is -3.12. The molecule has 0 aliphatic carbocycles. The molecule has 0 saturated carbocycles. The Morgan fingerprint density at radius 2 is 1.91 bits per heavy atom. The fourth-order valence-electron chi connectivity index (χ4n) is 2.71. The molecule has 1 aliphatic heterocycles. The maximum atomic E-state index is 12.7. The zero-order chi connectivity index (χ0) is 23.6. The maximum absolute atomic E-state index is 12.7. The van der Waals surface area contributed by atoms with Crippen LogP contribution in [0.3, 0.4) is 0 Å². The Kier molecular flexibility index (Phi) is 7.04. The van der Waals surface area contributed by atoms with E-state index in [-0.39, 0.29) is 29.5 Å². The normalized spacial score (nSPS) is 15.6. The number of carbonyl (C=O) groups excluding carboxylic acids is 3. The molecule has 1 aromatic carbocycles. The van der Waals surface area contributed by atoms with E-state index in [4.69, 9.17) is 14.3 Å². The highest BCUT2D eigenvalue weighted by Gasteiger charge is 2.34. The van der Waals surface area contributed by atoms with Gasteiger partial charge in [-0.05, 0) is 74.7 Å². The summed E-state index contributed by atoms with van der Waals surface area (Å²) in [5, 5.41) is 11.5. The van der Waals surface area contributed by atoms with Crippen LogP contribution >= 0.6 is 31.9 Å².